The van der Waals surface area contributed by atoms with E-state index in [0.717, 1.165) is 25.4 Å². The highest BCUT2D eigenvalue weighted by Gasteiger charge is 2.30. The summed E-state index contributed by atoms with van der Waals surface area (Å²) in [6, 6.07) is 7.02. The third kappa shape index (κ3) is 3.76. The summed E-state index contributed by atoms with van der Waals surface area (Å²) in [5, 5.41) is 3.43. The van der Waals surface area contributed by atoms with Gasteiger partial charge in [0.15, 0.2) is 0 Å². The monoisotopic (exact) mass is 292 g/mol. The van der Waals surface area contributed by atoms with Gasteiger partial charge >= 0.3 is 0 Å². The molecule has 2 unspecified atom stereocenters. The van der Waals surface area contributed by atoms with Gasteiger partial charge < -0.3 is 14.8 Å². The van der Waals surface area contributed by atoms with E-state index in [1.165, 1.54) is 11.1 Å². The predicted octanol–water partition coefficient (Wildman–Crippen LogP) is 2.37. The van der Waals surface area contributed by atoms with Crippen molar-refractivity contribution in [3.05, 3.63) is 29.3 Å². The van der Waals surface area contributed by atoms with E-state index in [0.29, 0.717) is 6.04 Å². The standard InChI is InChI=1S/C17H28N2O2/c1-12(2)19-8-9-21-16(11-19)17(18-4)15-7-6-14(20-5)10-13(15)3/h6-7,10,12,16-18H,8-9,11H2,1-5H3. The lowest BCUT2D eigenvalue weighted by Crippen LogP contribution is -2.50. The summed E-state index contributed by atoms with van der Waals surface area (Å²) in [6.45, 7) is 9.41. The van der Waals surface area contributed by atoms with Crippen molar-refractivity contribution in [1.82, 2.24) is 10.2 Å². The first kappa shape index (κ1) is 16.3. The van der Waals surface area contributed by atoms with Crippen LogP contribution in [0.3, 0.4) is 0 Å². The molecule has 1 aromatic carbocycles. The highest BCUT2D eigenvalue weighted by molar-refractivity contribution is 5.37. The Hall–Kier alpha value is -1.10. The molecule has 0 aliphatic carbocycles. The second-order valence-electron chi connectivity index (χ2n) is 5.99. The molecule has 1 saturated heterocycles. The number of morpholine rings is 1. The number of nitrogens with zero attached hydrogens (tertiary/aromatic N) is 1. The average molecular weight is 292 g/mol. The van der Waals surface area contributed by atoms with Crippen LogP contribution < -0.4 is 10.1 Å². The van der Waals surface area contributed by atoms with E-state index < -0.39 is 0 Å². The molecule has 1 heterocycles. The van der Waals surface area contributed by atoms with Crippen molar-refractivity contribution in [1.29, 1.82) is 0 Å². The molecule has 0 spiro atoms. The van der Waals surface area contributed by atoms with Crippen molar-refractivity contribution < 1.29 is 9.47 Å². The zero-order chi connectivity index (χ0) is 15.4. The SMILES string of the molecule is CNC(c1ccc(OC)cc1C)C1CN(C(C)C)CCO1. The highest BCUT2D eigenvalue weighted by atomic mass is 16.5. The fourth-order valence-electron chi connectivity index (χ4n) is 3.03. The van der Waals surface area contributed by atoms with E-state index in [1.54, 1.807) is 7.11 Å². The molecule has 118 valence electrons. The van der Waals surface area contributed by atoms with Crippen molar-refractivity contribution in [3.8, 4) is 5.75 Å². The topological polar surface area (TPSA) is 33.7 Å². The normalized spacial score (nSPS) is 21.5. The molecule has 1 aromatic rings. The van der Waals surface area contributed by atoms with Crippen molar-refractivity contribution >= 4 is 0 Å². The molecular weight excluding hydrogens is 264 g/mol. The van der Waals surface area contributed by atoms with E-state index in [1.807, 2.05) is 13.1 Å². The number of nitrogens with one attached hydrogen (secondary N) is 1. The maximum Gasteiger partial charge on any atom is 0.119 e. The smallest absolute Gasteiger partial charge is 0.119 e. The number of hydrogen-bond donors (Lipinski definition) is 1. The van der Waals surface area contributed by atoms with Crippen molar-refractivity contribution in [2.75, 3.05) is 33.9 Å². The molecule has 2 atom stereocenters. The van der Waals surface area contributed by atoms with Crippen LogP contribution >= 0.6 is 0 Å². The number of rotatable bonds is 5. The number of benzene rings is 1. The van der Waals surface area contributed by atoms with Crippen LogP contribution in [0, 0.1) is 6.92 Å². The van der Waals surface area contributed by atoms with Gasteiger partial charge in [-0.05, 0) is 51.1 Å². The molecule has 1 N–H and O–H groups in total. The number of hydrogen-bond acceptors (Lipinski definition) is 4. The Bertz CT molecular complexity index is 462. The molecule has 4 heteroatoms. The third-order valence-electron chi connectivity index (χ3n) is 4.35. The van der Waals surface area contributed by atoms with Gasteiger partial charge in [0.25, 0.3) is 0 Å². The van der Waals surface area contributed by atoms with E-state index in [4.69, 9.17) is 9.47 Å². The minimum Gasteiger partial charge on any atom is -0.497 e. The van der Waals surface area contributed by atoms with Crippen LogP contribution in [-0.2, 0) is 4.74 Å². The van der Waals surface area contributed by atoms with E-state index >= 15 is 0 Å². The van der Waals surface area contributed by atoms with Crippen molar-refractivity contribution in [2.45, 2.75) is 39.0 Å². The van der Waals surface area contributed by atoms with Gasteiger partial charge in [-0.2, -0.15) is 0 Å². The average Bonchev–Trinajstić information content (AvgIpc) is 2.49. The van der Waals surface area contributed by atoms with Gasteiger partial charge in [0.2, 0.25) is 0 Å². The zero-order valence-electron chi connectivity index (χ0n) is 13.8. The maximum atomic E-state index is 6.04. The fraction of sp³-hybridized carbons (Fsp3) is 0.647. The molecule has 0 bridgehead atoms. The van der Waals surface area contributed by atoms with Gasteiger partial charge in [-0.25, -0.2) is 0 Å². The summed E-state index contributed by atoms with van der Waals surface area (Å²) in [5.74, 6) is 0.902. The van der Waals surface area contributed by atoms with Crippen LogP contribution in [0.2, 0.25) is 0 Å². The van der Waals surface area contributed by atoms with Gasteiger partial charge in [0.1, 0.15) is 5.75 Å². The molecule has 0 saturated carbocycles. The second kappa shape index (κ2) is 7.25. The molecule has 1 fully saturated rings. The first-order chi connectivity index (χ1) is 10.1. The largest absolute Gasteiger partial charge is 0.497 e. The quantitative estimate of drug-likeness (QED) is 0.903. The Balaban J connectivity index is 2.19. The Morgan fingerprint density at radius 3 is 2.71 bits per heavy atom. The summed E-state index contributed by atoms with van der Waals surface area (Å²) in [5.41, 5.74) is 2.52. The van der Waals surface area contributed by atoms with E-state index in [9.17, 15) is 0 Å². The second-order valence-corrected chi connectivity index (χ2v) is 5.99. The summed E-state index contributed by atoms with van der Waals surface area (Å²) in [4.78, 5) is 2.48. The van der Waals surface area contributed by atoms with Crippen LogP contribution in [0.25, 0.3) is 0 Å². The van der Waals surface area contributed by atoms with E-state index in [2.05, 4.69) is 43.1 Å². The molecule has 21 heavy (non-hydrogen) atoms. The Kier molecular flexibility index (Phi) is 5.62. The van der Waals surface area contributed by atoms with Gasteiger partial charge in [-0.1, -0.05) is 6.07 Å². The van der Waals surface area contributed by atoms with Gasteiger partial charge in [0.05, 0.1) is 25.9 Å². The first-order valence-corrected chi connectivity index (χ1v) is 7.74. The minimum absolute atomic E-state index is 0.179. The van der Waals surface area contributed by atoms with Gasteiger partial charge in [0, 0.05) is 19.1 Å². The molecule has 1 aliphatic rings. The van der Waals surface area contributed by atoms with E-state index in [-0.39, 0.29) is 12.1 Å². The molecule has 0 radical (unpaired) electrons. The predicted molar refractivity (Wildman–Crippen MR) is 86.0 cm³/mol. The fourth-order valence-corrected chi connectivity index (χ4v) is 3.03. The molecule has 2 rings (SSSR count). The number of aryl methyl sites for hydroxylation is 1. The molecule has 4 nitrogen and oxygen atoms in total. The molecular formula is C17H28N2O2. The zero-order valence-corrected chi connectivity index (χ0v) is 13.8. The minimum atomic E-state index is 0.179. The van der Waals surface area contributed by atoms with Crippen LogP contribution in [0.4, 0.5) is 0 Å². The summed E-state index contributed by atoms with van der Waals surface area (Å²) in [6.07, 6.45) is 0.179. The number of likely N-dealkylation sites (N-methyl/N-ethyl adjacent to an activating group) is 1. The van der Waals surface area contributed by atoms with Crippen LogP contribution in [0.1, 0.15) is 31.0 Å². The molecule has 0 aromatic heterocycles. The highest BCUT2D eigenvalue weighted by Crippen LogP contribution is 2.28. The van der Waals surface area contributed by atoms with Crippen molar-refractivity contribution in [3.63, 3.8) is 0 Å². The van der Waals surface area contributed by atoms with Crippen molar-refractivity contribution in [2.24, 2.45) is 0 Å². The molecule has 1 aliphatic heterocycles. The summed E-state index contributed by atoms with van der Waals surface area (Å²) < 4.78 is 11.3. The Morgan fingerprint density at radius 1 is 1.38 bits per heavy atom. The lowest BCUT2D eigenvalue weighted by molar-refractivity contribution is -0.0551. The Labute approximate surface area is 128 Å². The summed E-state index contributed by atoms with van der Waals surface area (Å²) >= 11 is 0. The first-order valence-electron chi connectivity index (χ1n) is 7.74. The van der Waals surface area contributed by atoms with Crippen LogP contribution in [-0.4, -0.2) is 50.9 Å². The number of ether oxygens (including phenoxy) is 2. The van der Waals surface area contributed by atoms with Gasteiger partial charge in [-0.15, -0.1) is 0 Å². The van der Waals surface area contributed by atoms with Crippen LogP contribution in [0.15, 0.2) is 18.2 Å². The summed E-state index contributed by atoms with van der Waals surface area (Å²) in [7, 11) is 3.71. The Morgan fingerprint density at radius 2 is 2.14 bits per heavy atom. The lowest BCUT2D eigenvalue weighted by Gasteiger charge is -2.39. The molecule has 0 amide bonds. The third-order valence-corrected chi connectivity index (χ3v) is 4.35. The number of methoxy groups -OCH3 is 1. The van der Waals surface area contributed by atoms with Crippen LogP contribution in [0.5, 0.6) is 5.75 Å². The maximum absolute atomic E-state index is 6.04. The lowest BCUT2D eigenvalue weighted by atomic mass is 9.95. The van der Waals surface area contributed by atoms with Gasteiger partial charge in [-0.3, -0.25) is 4.90 Å².